The van der Waals surface area contributed by atoms with Crippen LogP contribution in [0.15, 0.2) is 72.9 Å². The summed E-state index contributed by atoms with van der Waals surface area (Å²) in [6, 6.07) is 12.7. The van der Waals surface area contributed by atoms with Crippen LogP contribution in [0.1, 0.15) is 89.5 Å². The predicted molar refractivity (Wildman–Crippen MR) is 219 cm³/mol. The zero-order valence-corrected chi connectivity index (χ0v) is 33.6. The van der Waals surface area contributed by atoms with E-state index in [-0.39, 0.29) is 29.9 Å². The normalized spacial score (nSPS) is 15.8. The molecule has 0 bridgehead atoms. The second-order valence-corrected chi connectivity index (χ2v) is 14.7. The molecule has 1 aliphatic carbocycles. The molecule has 1 unspecified atom stereocenters. The van der Waals surface area contributed by atoms with Crippen LogP contribution in [0.4, 0.5) is 5.13 Å². The van der Waals surface area contributed by atoms with Gasteiger partial charge in [0.2, 0.25) is 5.13 Å². The molecule has 3 aromatic rings. The molecule has 1 atom stereocenters. The number of rotatable bonds is 26. The molecular weight excluding hydrogens is 751 g/mol. The first-order valence-corrected chi connectivity index (χ1v) is 20.6. The van der Waals surface area contributed by atoms with Crippen molar-refractivity contribution in [3.8, 4) is 11.5 Å². The Morgan fingerprint density at radius 1 is 0.860 bits per heavy atom. The highest BCUT2D eigenvalue weighted by Crippen LogP contribution is 2.31. The monoisotopic (exact) mass is 805 g/mol. The maximum Gasteiger partial charge on any atom is 0.330 e. The van der Waals surface area contributed by atoms with E-state index in [1.165, 1.54) is 17.6 Å². The molecule has 4 rings (SSSR count). The lowest BCUT2D eigenvalue weighted by Gasteiger charge is -2.27. The predicted octanol–water partition coefficient (Wildman–Crippen LogP) is 8.36. The minimum Gasteiger partial charge on any atom is -0.463 e. The summed E-state index contributed by atoms with van der Waals surface area (Å²) in [7, 11) is 0. The molecule has 0 amide bonds. The smallest absolute Gasteiger partial charge is 0.330 e. The Balaban J connectivity index is 1.32. The summed E-state index contributed by atoms with van der Waals surface area (Å²) in [5, 5.41) is 4.99. The van der Waals surface area contributed by atoms with E-state index in [1.54, 1.807) is 18.2 Å². The Bertz CT molecular complexity index is 1750. The van der Waals surface area contributed by atoms with Crippen molar-refractivity contribution in [1.82, 2.24) is 4.98 Å². The number of hydrogen-bond acceptors (Lipinski definition) is 14. The van der Waals surface area contributed by atoms with E-state index in [2.05, 4.69) is 28.7 Å². The van der Waals surface area contributed by atoms with Crippen LogP contribution < -0.4 is 14.9 Å². The number of ether oxygens (including phenoxy) is 6. The SMILES string of the molecule is C=CC(=O)OCCCCOCCCC(CCC)C(=O)Oc1ccc(OC(=O)C2CCC(OCCCCOC(=O)C=C)CC2)cc1/C=N/Nc1nc2ccccc2s1. The number of benzene rings is 2. The van der Waals surface area contributed by atoms with Gasteiger partial charge in [0.25, 0.3) is 0 Å². The molecule has 14 heteroatoms. The fourth-order valence-corrected chi connectivity index (χ4v) is 7.02. The molecule has 0 spiro atoms. The van der Waals surface area contributed by atoms with Crippen molar-refractivity contribution in [2.24, 2.45) is 16.9 Å². The number of anilines is 1. The third-order valence-corrected chi connectivity index (χ3v) is 10.2. The third-order valence-electron chi connectivity index (χ3n) is 9.28. The largest absolute Gasteiger partial charge is 0.463 e. The highest BCUT2D eigenvalue weighted by molar-refractivity contribution is 7.22. The van der Waals surface area contributed by atoms with Gasteiger partial charge in [0, 0.05) is 37.5 Å². The third kappa shape index (κ3) is 16.2. The molecule has 0 aliphatic heterocycles. The van der Waals surface area contributed by atoms with Gasteiger partial charge < -0.3 is 28.4 Å². The number of nitrogens with one attached hydrogen (secondary N) is 1. The standard InChI is InChI=1S/C43H55N3O10S/c1-4-14-31(15-13-25-51-24-9-10-27-53-39(47)5-2)42(50)56-37-23-22-35(29-33(37)30-44-46-43-45-36-16-7-8-17-38(36)57-43)55-41(49)32-18-20-34(21-19-32)52-26-11-12-28-54-40(48)6-3/h5-8,16-17,22-23,29-32,34H,2-4,9-15,18-21,24-28H2,1H3,(H,45,46)/b44-30+. The van der Waals surface area contributed by atoms with Crippen molar-refractivity contribution in [1.29, 1.82) is 0 Å². The van der Waals surface area contributed by atoms with Gasteiger partial charge in [-0.15, -0.1) is 0 Å². The first-order chi connectivity index (χ1) is 27.8. The summed E-state index contributed by atoms with van der Waals surface area (Å²) < 4.78 is 34.6. The number of unbranched alkanes of at least 4 members (excludes halogenated alkanes) is 2. The van der Waals surface area contributed by atoms with E-state index in [4.69, 9.17) is 28.4 Å². The number of esters is 4. The van der Waals surface area contributed by atoms with Crippen LogP contribution >= 0.6 is 11.3 Å². The van der Waals surface area contributed by atoms with Gasteiger partial charge in [-0.25, -0.2) is 14.6 Å². The lowest BCUT2D eigenvalue weighted by molar-refractivity contribution is -0.141. The van der Waals surface area contributed by atoms with Crippen LogP contribution in [-0.2, 0) is 38.1 Å². The van der Waals surface area contributed by atoms with Gasteiger partial charge >= 0.3 is 23.9 Å². The van der Waals surface area contributed by atoms with Crippen molar-refractivity contribution in [2.45, 2.75) is 90.1 Å². The van der Waals surface area contributed by atoms with Crippen LogP contribution in [-0.4, -0.2) is 74.2 Å². The minimum absolute atomic E-state index is 0.0700. The number of thiazole rings is 1. The molecule has 1 saturated carbocycles. The summed E-state index contributed by atoms with van der Waals surface area (Å²) in [5.41, 5.74) is 4.28. The maximum absolute atomic E-state index is 13.5. The summed E-state index contributed by atoms with van der Waals surface area (Å²) >= 11 is 1.46. The minimum atomic E-state index is -0.433. The number of fused-ring (bicyclic) bond motifs is 1. The fraction of sp³-hybridized carbons (Fsp3) is 0.488. The molecule has 1 aliphatic rings. The van der Waals surface area contributed by atoms with Crippen LogP contribution in [0.3, 0.4) is 0 Å². The number of nitrogens with zero attached hydrogens (tertiary/aromatic N) is 2. The molecule has 308 valence electrons. The van der Waals surface area contributed by atoms with E-state index >= 15 is 0 Å². The van der Waals surface area contributed by atoms with E-state index in [0.717, 1.165) is 54.5 Å². The highest BCUT2D eigenvalue weighted by Gasteiger charge is 2.28. The zero-order valence-electron chi connectivity index (χ0n) is 32.8. The highest BCUT2D eigenvalue weighted by atomic mass is 32.1. The molecular formula is C43H55N3O10S. The summed E-state index contributed by atoms with van der Waals surface area (Å²) in [4.78, 5) is 53.6. The van der Waals surface area contributed by atoms with E-state index in [0.29, 0.717) is 100 Å². The van der Waals surface area contributed by atoms with Crippen molar-refractivity contribution >= 4 is 56.8 Å². The van der Waals surface area contributed by atoms with Crippen LogP contribution in [0.2, 0.25) is 0 Å². The number of carbonyl (C=O) groups excluding carboxylic acids is 4. The van der Waals surface area contributed by atoms with Crippen molar-refractivity contribution in [3.05, 3.63) is 73.3 Å². The number of hydrazone groups is 1. The van der Waals surface area contributed by atoms with Crippen molar-refractivity contribution in [2.75, 3.05) is 38.5 Å². The Labute approximate surface area is 338 Å². The Kier molecular flexibility index (Phi) is 19.9. The van der Waals surface area contributed by atoms with Gasteiger partial charge in [0.05, 0.1) is 47.6 Å². The summed E-state index contributed by atoms with van der Waals surface area (Å²) in [6.45, 7) is 11.0. The number of aromatic nitrogens is 1. The first-order valence-electron chi connectivity index (χ1n) is 19.8. The van der Waals surface area contributed by atoms with Gasteiger partial charge in [-0.3, -0.25) is 15.0 Å². The van der Waals surface area contributed by atoms with Gasteiger partial charge in [-0.05, 0) is 101 Å². The summed E-state index contributed by atoms with van der Waals surface area (Å²) in [5.74, 6) is -1.52. The van der Waals surface area contributed by atoms with Crippen molar-refractivity contribution in [3.63, 3.8) is 0 Å². The molecule has 1 aromatic heterocycles. The molecule has 2 aromatic carbocycles. The van der Waals surface area contributed by atoms with E-state index in [1.807, 2.05) is 31.2 Å². The molecule has 0 saturated heterocycles. The molecule has 13 nitrogen and oxygen atoms in total. The molecule has 1 heterocycles. The Morgan fingerprint density at radius 2 is 1.54 bits per heavy atom. The van der Waals surface area contributed by atoms with Crippen molar-refractivity contribution < 1.29 is 47.6 Å². The van der Waals surface area contributed by atoms with Gasteiger partial charge in [0.15, 0.2) is 0 Å². The molecule has 1 N–H and O–H groups in total. The zero-order chi connectivity index (χ0) is 40.7. The van der Waals surface area contributed by atoms with E-state index in [9.17, 15) is 19.2 Å². The van der Waals surface area contributed by atoms with Gasteiger partial charge in [-0.2, -0.15) is 5.10 Å². The van der Waals surface area contributed by atoms with Crippen LogP contribution in [0.5, 0.6) is 11.5 Å². The lowest BCUT2D eigenvalue weighted by atomic mass is 9.87. The van der Waals surface area contributed by atoms with Crippen LogP contribution in [0.25, 0.3) is 10.2 Å². The number of carbonyl (C=O) groups is 4. The average Bonchev–Trinajstić information content (AvgIpc) is 3.64. The second kappa shape index (κ2) is 25.4. The number of para-hydroxylation sites is 1. The average molecular weight is 806 g/mol. The first kappa shape index (κ1) is 44.8. The van der Waals surface area contributed by atoms with Gasteiger partial charge in [-0.1, -0.05) is 50.0 Å². The Hall–Kier alpha value is -4.92. The van der Waals surface area contributed by atoms with E-state index < -0.39 is 11.9 Å². The summed E-state index contributed by atoms with van der Waals surface area (Å²) in [6.07, 6.45) is 12.4. The molecule has 1 fully saturated rings. The topological polar surface area (TPSA) is 161 Å². The van der Waals surface area contributed by atoms with Crippen LogP contribution in [0, 0.1) is 11.8 Å². The second-order valence-electron chi connectivity index (χ2n) is 13.6. The molecule has 0 radical (unpaired) electrons. The number of hydrogen-bond donors (Lipinski definition) is 1. The Morgan fingerprint density at radius 3 is 2.25 bits per heavy atom. The molecule has 57 heavy (non-hydrogen) atoms. The maximum atomic E-state index is 13.5. The quantitative estimate of drug-likeness (QED) is 0.0207. The fourth-order valence-electron chi connectivity index (χ4n) is 6.20. The lowest BCUT2D eigenvalue weighted by Crippen LogP contribution is -2.29. The van der Waals surface area contributed by atoms with Gasteiger partial charge in [0.1, 0.15) is 11.5 Å².